The molecule has 20 heavy (non-hydrogen) atoms. The Labute approximate surface area is 124 Å². The third-order valence-corrected chi connectivity index (χ3v) is 3.82. The molecule has 0 amide bonds. The molecule has 1 N–H and O–H groups in total. The Hall–Kier alpha value is -2.00. The summed E-state index contributed by atoms with van der Waals surface area (Å²) >= 11 is 5.42. The molecule has 0 aliphatic heterocycles. The van der Waals surface area contributed by atoms with Crippen molar-refractivity contribution in [3.63, 3.8) is 0 Å². The number of Topliss-reactive ketones (excluding diaryl/α,β-unsaturated/α-hetero) is 1. The maximum Gasteiger partial charge on any atom is 0.175 e. The fourth-order valence-electron chi connectivity index (χ4n) is 1.86. The van der Waals surface area contributed by atoms with Crippen molar-refractivity contribution in [2.45, 2.75) is 13.8 Å². The lowest BCUT2D eigenvalue weighted by molar-refractivity contribution is 0.0903. The fraction of sp³-hybridized carbons (Fsp3) is 0.176. The van der Waals surface area contributed by atoms with Gasteiger partial charge in [-0.15, -0.1) is 0 Å². The maximum atomic E-state index is 12.6. The van der Waals surface area contributed by atoms with Crippen molar-refractivity contribution >= 4 is 28.7 Å². The van der Waals surface area contributed by atoms with E-state index >= 15 is 0 Å². The summed E-state index contributed by atoms with van der Waals surface area (Å²) in [5.74, 6) is 0.0199. The summed E-state index contributed by atoms with van der Waals surface area (Å²) in [7, 11) is 0. The van der Waals surface area contributed by atoms with Crippen LogP contribution in [-0.2, 0) is 0 Å². The number of ketones is 1. The number of rotatable bonds is 4. The molecule has 0 saturated carbocycles. The Morgan fingerprint density at radius 1 is 0.950 bits per heavy atom. The fourth-order valence-corrected chi connectivity index (χ4v) is 2.07. The van der Waals surface area contributed by atoms with Crippen LogP contribution in [0.1, 0.15) is 24.2 Å². The van der Waals surface area contributed by atoms with Crippen LogP contribution in [0.3, 0.4) is 0 Å². The van der Waals surface area contributed by atoms with Crippen LogP contribution in [0.5, 0.6) is 0 Å². The van der Waals surface area contributed by atoms with Crippen molar-refractivity contribution in [3.8, 4) is 0 Å². The van der Waals surface area contributed by atoms with E-state index in [4.69, 9.17) is 12.2 Å². The molecule has 0 atom stereocenters. The van der Waals surface area contributed by atoms with Crippen molar-refractivity contribution in [2.75, 3.05) is 5.32 Å². The lowest BCUT2D eigenvalue weighted by Crippen LogP contribution is -2.36. The average molecular weight is 283 g/mol. The summed E-state index contributed by atoms with van der Waals surface area (Å²) in [4.78, 5) is 13.1. The van der Waals surface area contributed by atoms with E-state index in [1.807, 2.05) is 74.5 Å². The van der Waals surface area contributed by atoms with Gasteiger partial charge < -0.3 is 5.32 Å². The van der Waals surface area contributed by atoms with E-state index in [0.29, 0.717) is 10.6 Å². The Morgan fingerprint density at radius 2 is 1.45 bits per heavy atom. The number of benzene rings is 2. The largest absolute Gasteiger partial charge is 0.349 e. The Kier molecular flexibility index (Phi) is 4.30. The van der Waals surface area contributed by atoms with Crippen LogP contribution in [0.15, 0.2) is 60.7 Å². The van der Waals surface area contributed by atoms with Crippen molar-refractivity contribution in [1.29, 1.82) is 0 Å². The highest BCUT2D eigenvalue weighted by Gasteiger charge is 2.33. The summed E-state index contributed by atoms with van der Waals surface area (Å²) in [6.45, 7) is 3.70. The molecule has 0 radical (unpaired) electrons. The van der Waals surface area contributed by atoms with Gasteiger partial charge in [-0.3, -0.25) is 4.79 Å². The van der Waals surface area contributed by atoms with Crippen LogP contribution in [0.4, 0.5) is 5.69 Å². The first-order valence-corrected chi connectivity index (χ1v) is 6.89. The number of para-hydroxylation sites is 1. The second kappa shape index (κ2) is 5.97. The highest BCUT2D eigenvalue weighted by Crippen LogP contribution is 2.25. The molecular formula is C17H17NOS. The highest BCUT2D eigenvalue weighted by atomic mass is 32.1. The lowest BCUT2D eigenvalue weighted by atomic mass is 9.84. The van der Waals surface area contributed by atoms with Crippen LogP contribution in [0.25, 0.3) is 0 Å². The van der Waals surface area contributed by atoms with Crippen LogP contribution in [0.2, 0.25) is 0 Å². The first-order valence-electron chi connectivity index (χ1n) is 6.48. The second-order valence-corrected chi connectivity index (χ2v) is 5.55. The number of hydrogen-bond donors (Lipinski definition) is 1. The third-order valence-electron chi connectivity index (χ3n) is 3.20. The third kappa shape index (κ3) is 3.11. The molecule has 0 aliphatic rings. The number of carbonyl (C=O) groups excluding carboxylic acids is 1. The molecule has 2 aromatic rings. The molecule has 102 valence electrons. The number of carbonyl (C=O) groups is 1. The summed E-state index contributed by atoms with van der Waals surface area (Å²) in [6, 6.07) is 18.9. The topological polar surface area (TPSA) is 29.1 Å². The summed E-state index contributed by atoms with van der Waals surface area (Å²) in [6.07, 6.45) is 0. The molecule has 2 aromatic carbocycles. The van der Waals surface area contributed by atoms with Gasteiger partial charge in [0, 0.05) is 11.3 Å². The highest BCUT2D eigenvalue weighted by molar-refractivity contribution is 7.80. The van der Waals surface area contributed by atoms with Gasteiger partial charge in [-0.05, 0) is 26.0 Å². The van der Waals surface area contributed by atoms with Gasteiger partial charge >= 0.3 is 0 Å². The normalized spacial score (nSPS) is 10.9. The van der Waals surface area contributed by atoms with Gasteiger partial charge in [-0.1, -0.05) is 60.7 Å². The Bertz CT molecular complexity index is 605. The van der Waals surface area contributed by atoms with Crippen LogP contribution < -0.4 is 5.32 Å². The SMILES string of the molecule is CC(C)(C(=O)c1ccccc1)C(=S)Nc1ccccc1. The van der Waals surface area contributed by atoms with E-state index in [1.54, 1.807) is 0 Å². The molecule has 2 nitrogen and oxygen atoms in total. The van der Waals surface area contributed by atoms with Gasteiger partial charge in [0.05, 0.1) is 10.4 Å². The molecule has 2 rings (SSSR count). The van der Waals surface area contributed by atoms with E-state index in [1.165, 1.54) is 0 Å². The zero-order valence-corrected chi connectivity index (χ0v) is 12.4. The molecule has 0 bridgehead atoms. The van der Waals surface area contributed by atoms with E-state index in [2.05, 4.69) is 5.32 Å². The van der Waals surface area contributed by atoms with Crippen LogP contribution >= 0.6 is 12.2 Å². The first-order chi connectivity index (χ1) is 9.51. The number of nitrogens with one attached hydrogen (secondary N) is 1. The summed E-state index contributed by atoms with van der Waals surface area (Å²) in [5.41, 5.74) is 0.827. The van der Waals surface area contributed by atoms with E-state index in [0.717, 1.165) is 5.69 Å². The zero-order chi connectivity index (χ0) is 14.6. The maximum absolute atomic E-state index is 12.6. The molecule has 0 unspecified atom stereocenters. The van der Waals surface area contributed by atoms with Crippen molar-refractivity contribution in [1.82, 2.24) is 0 Å². The Balaban J connectivity index is 2.17. The second-order valence-electron chi connectivity index (χ2n) is 5.14. The number of anilines is 1. The molecular weight excluding hydrogens is 266 g/mol. The monoisotopic (exact) mass is 283 g/mol. The molecule has 0 fully saturated rings. The molecule has 0 spiro atoms. The molecule has 3 heteroatoms. The first kappa shape index (κ1) is 14.4. The minimum absolute atomic E-state index is 0.0199. The number of thiocarbonyl (C=S) groups is 1. The molecule has 0 heterocycles. The molecule has 0 aliphatic carbocycles. The summed E-state index contributed by atoms with van der Waals surface area (Å²) in [5, 5.41) is 3.14. The molecule has 0 saturated heterocycles. The van der Waals surface area contributed by atoms with Gasteiger partial charge in [0.1, 0.15) is 0 Å². The van der Waals surface area contributed by atoms with Crippen molar-refractivity contribution in [2.24, 2.45) is 5.41 Å². The molecule has 0 aromatic heterocycles. The van der Waals surface area contributed by atoms with E-state index < -0.39 is 5.41 Å². The number of hydrogen-bond acceptors (Lipinski definition) is 2. The van der Waals surface area contributed by atoms with Crippen LogP contribution in [-0.4, -0.2) is 10.8 Å². The van der Waals surface area contributed by atoms with Gasteiger partial charge in [0.2, 0.25) is 0 Å². The smallest absolute Gasteiger partial charge is 0.175 e. The standard InChI is InChI=1S/C17H17NOS/c1-17(2,15(19)13-9-5-3-6-10-13)16(20)18-14-11-7-4-8-12-14/h3-12H,1-2H3,(H,18,20). The Morgan fingerprint density at radius 3 is 2.00 bits per heavy atom. The van der Waals surface area contributed by atoms with Gasteiger partial charge in [-0.2, -0.15) is 0 Å². The van der Waals surface area contributed by atoms with Gasteiger partial charge in [-0.25, -0.2) is 0 Å². The van der Waals surface area contributed by atoms with Gasteiger partial charge in [0.25, 0.3) is 0 Å². The van der Waals surface area contributed by atoms with Crippen LogP contribution in [0, 0.1) is 5.41 Å². The predicted molar refractivity (Wildman–Crippen MR) is 87.2 cm³/mol. The van der Waals surface area contributed by atoms with E-state index in [9.17, 15) is 4.79 Å². The van der Waals surface area contributed by atoms with Crippen molar-refractivity contribution in [3.05, 3.63) is 66.2 Å². The predicted octanol–water partition coefficient (Wildman–Crippen LogP) is 4.34. The van der Waals surface area contributed by atoms with E-state index in [-0.39, 0.29) is 5.78 Å². The minimum atomic E-state index is -0.744. The lowest BCUT2D eigenvalue weighted by Gasteiger charge is -2.25. The summed E-state index contributed by atoms with van der Waals surface area (Å²) < 4.78 is 0. The minimum Gasteiger partial charge on any atom is -0.349 e. The van der Waals surface area contributed by atoms with Crippen molar-refractivity contribution < 1.29 is 4.79 Å². The average Bonchev–Trinajstić information content (AvgIpc) is 2.48. The van der Waals surface area contributed by atoms with Gasteiger partial charge in [0.15, 0.2) is 5.78 Å². The zero-order valence-electron chi connectivity index (χ0n) is 11.6. The quantitative estimate of drug-likeness (QED) is 0.668.